The third-order valence-corrected chi connectivity index (χ3v) is 5.28. The standard InChI is InChI=1S/C17H18N2O3S/c1-11-6-7-16(15-5-4-8-18-17(11)15)23(20,21)19-10-14-9-12(2)22-13(14)3/h4-9,19H,10H2,1-3H3. The molecule has 1 N–H and O–H groups in total. The minimum absolute atomic E-state index is 0.196. The number of sulfonamides is 1. The Labute approximate surface area is 135 Å². The molecule has 0 fully saturated rings. The smallest absolute Gasteiger partial charge is 0.241 e. The van der Waals surface area contributed by atoms with Gasteiger partial charge in [0.25, 0.3) is 0 Å². The zero-order chi connectivity index (χ0) is 16.6. The lowest BCUT2D eigenvalue weighted by atomic mass is 10.1. The number of aromatic nitrogens is 1. The molecule has 120 valence electrons. The first-order valence-electron chi connectivity index (χ1n) is 7.28. The van der Waals surface area contributed by atoms with E-state index in [2.05, 4.69) is 9.71 Å². The highest BCUT2D eigenvalue weighted by molar-refractivity contribution is 7.89. The van der Waals surface area contributed by atoms with Gasteiger partial charge in [0.2, 0.25) is 10.0 Å². The Bertz CT molecular complexity index is 975. The molecule has 0 bridgehead atoms. The number of pyridine rings is 1. The summed E-state index contributed by atoms with van der Waals surface area (Å²) >= 11 is 0. The highest BCUT2D eigenvalue weighted by Crippen LogP contribution is 2.24. The Morgan fingerprint density at radius 2 is 1.96 bits per heavy atom. The molecule has 0 atom stereocenters. The maximum absolute atomic E-state index is 12.7. The molecule has 0 radical (unpaired) electrons. The molecule has 1 aromatic carbocycles. The van der Waals surface area contributed by atoms with Crippen LogP contribution < -0.4 is 4.72 Å². The van der Waals surface area contributed by atoms with Crippen molar-refractivity contribution >= 4 is 20.9 Å². The van der Waals surface area contributed by atoms with E-state index in [0.717, 1.165) is 22.6 Å². The molecule has 0 saturated carbocycles. The van der Waals surface area contributed by atoms with Gasteiger partial charge >= 0.3 is 0 Å². The zero-order valence-corrected chi connectivity index (χ0v) is 14.1. The molecule has 2 aromatic heterocycles. The maximum Gasteiger partial charge on any atom is 0.241 e. The van der Waals surface area contributed by atoms with E-state index in [-0.39, 0.29) is 11.4 Å². The number of hydrogen-bond acceptors (Lipinski definition) is 4. The zero-order valence-electron chi connectivity index (χ0n) is 13.3. The summed E-state index contributed by atoms with van der Waals surface area (Å²) in [4.78, 5) is 4.52. The number of furan rings is 1. The number of nitrogens with one attached hydrogen (secondary N) is 1. The lowest BCUT2D eigenvalue weighted by Gasteiger charge is -2.10. The maximum atomic E-state index is 12.7. The SMILES string of the molecule is Cc1cc(CNS(=O)(=O)c2ccc(C)c3ncccc23)c(C)o1. The van der Waals surface area contributed by atoms with Gasteiger partial charge in [-0.15, -0.1) is 0 Å². The van der Waals surface area contributed by atoms with Crippen LogP contribution in [0, 0.1) is 20.8 Å². The van der Waals surface area contributed by atoms with Crippen LogP contribution in [-0.4, -0.2) is 13.4 Å². The summed E-state index contributed by atoms with van der Waals surface area (Å²) in [6, 6.07) is 8.75. The van der Waals surface area contributed by atoms with Gasteiger partial charge in [-0.3, -0.25) is 4.98 Å². The molecule has 0 amide bonds. The minimum Gasteiger partial charge on any atom is -0.466 e. The van der Waals surface area contributed by atoms with Crippen LogP contribution in [0.5, 0.6) is 0 Å². The number of rotatable bonds is 4. The predicted molar refractivity (Wildman–Crippen MR) is 88.7 cm³/mol. The van der Waals surface area contributed by atoms with Crippen LogP contribution in [0.3, 0.4) is 0 Å². The van der Waals surface area contributed by atoms with Crippen molar-refractivity contribution in [3.05, 3.63) is 59.2 Å². The number of nitrogens with zero attached hydrogens (tertiary/aromatic N) is 1. The first-order chi connectivity index (χ1) is 10.9. The van der Waals surface area contributed by atoms with E-state index < -0.39 is 10.0 Å². The van der Waals surface area contributed by atoms with E-state index in [1.807, 2.05) is 26.8 Å². The van der Waals surface area contributed by atoms with Gasteiger partial charge in [-0.25, -0.2) is 13.1 Å². The molecular formula is C17H18N2O3S. The summed E-state index contributed by atoms with van der Waals surface area (Å²) in [7, 11) is -3.64. The summed E-state index contributed by atoms with van der Waals surface area (Å²) in [6.07, 6.45) is 1.66. The van der Waals surface area contributed by atoms with Crippen molar-refractivity contribution in [2.75, 3.05) is 0 Å². The van der Waals surface area contributed by atoms with Gasteiger partial charge in [0.15, 0.2) is 0 Å². The second-order valence-electron chi connectivity index (χ2n) is 5.54. The first kappa shape index (κ1) is 15.7. The van der Waals surface area contributed by atoms with Gasteiger partial charge in [0, 0.05) is 23.7 Å². The lowest BCUT2D eigenvalue weighted by Crippen LogP contribution is -2.23. The molecular weight excluding hydrogens is 312 g/mol. The fourth-order valence-corrected chi connectivity index (χ4v) is 3.83. The summed E-state index contributed by atoms with van der Waals surface area (Å²) in [5, 5.41) is 0.625. The second kappa shape index (κ2) is 5.79. The fraction of sp³-hybridized carbons (Fsp3) is 0.235. The van der Waals surface area contributed by atoms with Crippen molar-refractivity contribution in [1.82, 2.24) is 9.71 Å². The molecule has 0 unspecified atom stereocenters. The quantitative estimate of drug-likeness (QED) is 0.797. The molecule has 23 heavy (non-hydrogen) atoms. The van der Waals surface area contributed by atoms with Crippen LogP contribution in [0.15, 0.2) is 45.8 Å². The predicted octanol–water partition coefficient (Wildman–Crippen LogP) is 3.23. The van der Waals surface area contributed by atoms with Crippen molar-refractivity contribution in [3.8, 4) is 0 Å². The normalized spacial score (nSPS) is 12.0. The average Bonchev–Trinajstić information content (AvgIpc) is 2.83. The lowest BCUT2D eigenvalue weighted by molar-refractivity contribution is 0.500. The Balaban J connectivity index is 1.97. The molecule has 0 spiro atoms. The van der Waals surface area contributed by atoms with Crippen molar-refractivity contribution in [3.63, 3.8) is 0 Å². The number of aryl methyl sites for hydroxylation is 3. The fourth-order valence-electron chi connectivity index (χ4n) is 2.63. The summed E-state index contributed by atoms with van der Waals surface area (Å²) < 4.78 is 33.4. The van der Waals surface area contributed by atoms with Gasteiger partial charge in [-0.05, 0) is 50.6 Å². The van der Waals surface area contributed by atoms with Crippen molar-refractivity contribution in [1.29, 1.82) is 0 Å². The molecule has 0 aliphatic carbocycles. The van der Waals surface area contributed by atoms with Gasteiger partial charge in [0.1, 0.15) is 11.5 Å². The van der Waals surface area contributed by atoms with Gasteiger partial charge < -0.3 is 4.42 Å². The number of benzene rings is 1. The third-order valence-electron chi connectivity index (χ3n) is 3.82. The minimum atomic E-state index is -3.64. The Morgan fingerprint density at radius 1 is 1.17 bits per heavy atom. The average molecular weight is 330 g/mol. The molecule has 3 rings (SSSR count). The van der Waals surface area contributed by atoms with Crippen LogP contribution in [0.4, 0.5) is 0 Å². The molecule has 0 saturated heterocycles. The number of hydrogen-bond donors (Lipinski definition) is 1. The van der Waals surface area contributed by atoms with Crippen LogP contribution in [-0.2, 0) is 16.6 Å². The third kappa shape index (κ3) is 3.00. The molecule has 2 heterocycles. The van der Waals surface area contributed by atoms with E-state index in [9.17, 15) is 8.42 Å². The van der Waals surface area contributed by atoms with Gasteiger partial charge in [-0.2, -0.15) is 0 Å². The van der Waals surface area contributed by atoms with Gasteiger partial charge in [-0.1, -0.05) is 6.07 Å². The highest BCUT2D eigenvalue weighted by atomic mass is 32.2. The van der Waals surface area contributed by atoms with Crippen molar-refractivity contribution in [2.45, 2.75) is 32.2 Å². The molecule has 5 nitrogen and oxygen atoms in total. The van der Waals surface area contributed by atoms with Crippen LogP contribution in [0.1, 0.15) is 22.6 Å². The monoisotopic (exact) mass is 330 g/mol. The van der Waals surface area contributed by atoms with Crippen molar-refractivity contribution < 1.29 is 12.8 Å². The summed E-state index contributed by atoms with van der Waals surface area (Å²) in [5.74, 6) is 1.49. The van der Waals surface area contributed by atoms with E-state index >= 15 is 0 Å². The second-order valence-corrected chi connectivity index (χ2v) is 7.28. The molecule has 0 aliphatic heterocycles. The topological polar surface area (TPSA) is 72.2 Å². The molecule has 6 heteroatoms. The highest BCUT2D eigenvalue weighted by Gasteiger charge is 2.19. The van der Waals surface area contributed by atoms with Crippen molar-refractivity contribution in [2.24, 2.45) is 0 Å². The Morgan fingerprint density at radius 3 is 2.65 bits per heavy atom. The van der Waals surface area contributed by atoms with E-state index in [4.69, 9.17) is 4.42 Å². The van der Waals surface area contributed by atoms with Crippen LogP contribution in [0.25, 0.3) is 10.9 Å². The van der Waals surface area contributed by atoms with Crippen LogP contribution >= 0.6 is 0 Å². The number of fused-ring (bicyclic) bond motifs is 1. The summed E-state index contributed by atoms with van der Waals surface area (Å²) in [5.41, 5.74) is 2.48. The van der Waals surface area contributed by atoms with E-state index in [1.54, 1.807) is 30.5 Å². The molecule has 3 aromatic rings. The largest absolute Gasteiger partial charge is 0.466 e. The van der Waals surface area contributed by atoms with Crippen LogP contribution in [0.2, 0.25) is 0 Å². The van der Waals surface area contributed by atoms with E-state index in [1.165, 1.54) is 0 Å². The summed E-state index contributed by atoms with van der Waals surface area (Å²) in [6.45, 7) is 5.77. The molecule has 0 aliphatic rings. The Kier molecular flexibility index (Phi) is 3.95. The first-order valence-corrected chi connectivity index (χ1v) is 8.77. The van der Waals surface area contributed by atoms with Gasteiger partial charge in [0.05, 0.1) is 10.4 Å². The van der Waals surface area contributed by atoms with E-state index in [0.29, 0.717) is 10.9 Å². The Hall–Kier alpha value is -2.18.